The molecule has 3 rings (SSSR count). The van der Waals surface area contributed by atoms with Gasteiger partial charge in [0.05, 0.1) is 0 Å². The number of hydrogen-bond donors (Lipinski definition) is 1. The smallest absolute Gasteiger partial charge is 0.00812 e. The van der Waals surface area contributed by atoms with Crippen LogP contribution in [0.5, 0.6) is 0 Å². The van der Waals surface area contributed by atoms with Gasteiger partial charge in [0.1, 0.15) is 0 Å². The summed E-state index contributed by atoms with van der Waals surface area (Å²) in [6, 6.07) is 7.11. The normalized spacial score (nSPS) is 31.1. The Balaban J connectivity index is 0.000000847. The van der Waals surface area contributed by atoms with Gasteiger partial charge in [-0.05, 0) is 55.2 Å². The predicted octanol–water partition coefficient (Wildman–Crippen LogP) is 5.20. The van der Waals surface area contributed by atoms with Crippen LogP contribution in [0.3, 0.4) is 0 Å². The molecule has 2 aliphatic rings. The monoisotopic (exact) mass is 299 g/mol. The predicted molar refractivity (Wildman–Crippen MR) is 97.6 cm³/mol. The molecule has 1 aliphatic heterocycles. The largest absolute Gasteiger partial charge is 0.316 e. The summed E-state index contributed by atoms with van der Waals surface area (Å²) < 4.78 is 0. The molecule has 1 heteroatoms. The van der Waals surface area contributed by atoms with Gasteiger partial charge in [-0.2, -0.15) is 0 Å². The molecule has 1 unspecified atom stereocenters. The van der Waals surface area contributed by atoms with Crippen LogP contribution in [0.25, 0.3) is 0 Å². The third kappa shape index (κ3) is 2.88. The number of fused-ring (bicyclic) bond motifs is 3. The van der Waals surface area contributed by atoms with Gasteiger partial charge in [0.15, 0.2) is 0 Å². The lowest BCUT2D eigenvalue weighted by Gasteiger charge is -2.50. The maximum atomic E-state index is 4.04. The molecule has 0 spiro atoms. The highest BCUT2D eigenvalue weighted by atomic mass is 14.9. The first-order chi connectivity index (χ1) is 10.6. The van der Waals surface area contributed by atoms with Gasteiger partial charge in [-0.15, -0.1) is 6.58 Å². The van der Waals surface area contributed by atoms with E-state index >= 15 is 0 Å². The average Bonchev–Trinajstić information content (AvgIpc) is 2.55. The second-order valence-electron chi connectivity index (χ2n) is 7.11. The van der Waals surface area contributed by atoms with Crippen molar-refractivity contribution >= 4 is 0 Å². The van der Waals surface area contributed by atoms with E-state index in [-0.39, 0.29) is 0 Å². The highest BCUT2D eigenvalue weighted by Gasteiger charge is 2.45. The van der Waals surface area contributed by atoms with E-state index in [0.717, 1.165) is 12.5 Å². The van der Waals surface area contributed by atoms with Crippen molar-refractivity contribution in [3.8, 4) is 0 Å². The number of aryl methyl sites for hydroxylation is 1. The van der Waals surface area contributed by atoms with E-state index in [1.165, 1.54) is 24.9 Å². The highest BCUT2D eigenvalue weighted by Crippen LogP contribution is 2.51. The summed E-state index contributed by atoms with van der Waals surface area (Å²) >= 11 is 0. The highest BCUT2D eigenvalue weighted by molar-refractivity contribution is 5.43. The SMILES string of the molecule is C=CC(C)[C@H]1C[C@@H]2CCNC[C@]2(C)c2ccc(C)cc21.CC. The van der Waals surface area contributed by atoms with Crippen LogP contribution in [-0.4, -0.2) is 13.1 Å². The molecule has 1 aromatic rings. The summed E-state index contributed by atoms with van der Waals surface area (Å²) in [5.41, 5.74) is 4.87. The summed E-state index contributed by atoms with van der Waals surface area (Å²) in [4.78, 5) is 0. The van der Waals surface area contributed by atoms with Crippen LogP contribution in [-0.2, 0) is 5.41 Å². The third-order valence-electron chi connectivity index (χ3n) is 5.83. The lowest BCUT2D eigenvalue weighted by molar-refractivity contribution is 0.170. The Morgan fingerprint density at radius 3 is 2.77 bits per heavy atom. The van der Waals surface area contributed by atoms with E-state index in [1.807, 2.05) is 13.8 Å². The van der Waals surface area contributed by atoms with E-state index in [2.05, 4.69) is 56.9 Å². The number of benzene rings is 1. The molecule has 0 bridgehead atoms. The van der Waals surface area contributed by atoms with Crippen molar-refractivity contribution in [3.63, 3.8) is 0 Å². The Hall–Kier alpha value is -1.08. The van der Waals surface area contributed by atoms with Crippen molar-refractivity contribution in [2.24, 2.45) is 11.8 Å². The van der Waals surface area contributed by atoms with Crippen molar-refractivity contribution < 1.29 is 0 Å². The fourth-order valence-corrected chi connectivity index (χ4v) is 4.39. The van der Waals surface area contributed by atoms with E-state index in [9.17, 15) is 0 Å². The Kier molecular flexibility index (Phi) is 5.50. The fraction of sp³-hybridized carbons (Fsp3) is 0.619. The zero-order valence-corrected chi connectivity index (χ0v) is 15.1. The van der Waals surface area contributed by atoms with Crippen LogP contribution in [0.1, 0.15) is 63.1 Å². The second kappa shape index (κ2) is 7.00. The molecule has 0 saturated carbocycles. The lowest BCUT2D eigenvalue weighted by Crippen LogP contribution is -2.51. The van der Waals surface area contributed by atoms with Crippen LogP contribution in [0, 0.1) is 18.8 Å². The van der Waals surface area contributed by atoms with Crippen LogP contribution in [0.4, 0.5) is 0 Å². The van der Waals surface area contributed by atoms with Gasteiger partial charge < -0.3 is 5.32 Å². The van der Waals surface area contributed by atoms with E-state index < -0.39 is 0 Å². The Morgan fingerprint density at radius 2 is 2.09 bits per heavy atom. The topological polar surface area (TPSA) is 12.0 Å². The summed E-state index contributed by atoms with van der Waals surface area (Å²) in [5, 5.41) is 3.62. The zero-order valence-electron chi connectivity index (χ0n) is 15.1. The number of nitrogens with one attached hydrogen (secondary N) is 1. The Morgan fingerprint density at radius 1 is 1.36 bits per heavy atom. The minimum absolute atomic E-state index is 0.318. The number of piperidine rings is 1. The molecule has 0 amide bonds. The molecule has 1 fully saturated rings. The standard InChI is InChI=1S/C19H27N.C2H6/c1-5-14(3)16-11-15-8-9-20-12-19(15,4)18-7-6-13(2)10-17(16)18;1-2/h5-7,10,14-16,20H,1,8-9,11-12H2,2-4H3;1-2H3/t14?,15-,16+,19-;/m0./s1. The molecule has 1 aromatic carbocycles. The van der Waals surface area contributed by atoms with Gasteiger partial charge in [0, 0.05) is 12.0 Å². The molecule has 1 saturated heterocycles. The van der Waals surface area contributed by atoms with Crippen molar-refractivity contribution in [3.05, 3.63) is 47.5 Å². The number of hydrogen-bond acceptors (Lipinski definition) is 1. The number of rotatable bonds is 2. The maximum Gasteiger partial charge on any atom is 0.00812 e. The molecule has 0 radical (unpaired) electrons. The molecular formula is C21H33N. The van der Waals surface area contributed by atoms with E-state index in [4.69, 9.17) is 0 Å². The average molecular weight is 300 g/mol. The summed E-state index contributed by atoms with van der Waals surface area (Å²) in [5.74, 6) is 2.03. The second-order valence-corrected chi connectivity index (χ2v) is 7.11. The Bertz CT molecular complexity index is 519. The van der Waals surface area contributed by atoms with Crippen LogP contribution in [0.15, 0.2) is 30.9 Å². The number of allylic oxidation sites excluding steroid dienone is 1. The molecule has 22 heavy (non-hydrogen) atoms. The summed E-state index contributed by atoms with van der Waals surface area (Å²) in [6.07, 6.45) is 4.77. The lowest BCUT2D eigenvalue weighted by atomic mass is 9.57. The summed E-state index contributed by atoms with van der Waals surface area (Å²) in [7, 11) is 0. The van der Waals surface area contributed by atoms with Gasteiger partial charge >= 0.3 is 0 Å². The van der Waals surface area contributed by atoms with Gasteiger partial charge in [0.25, 0.3) is 0 Å². The van der Waals surface area contributed by atoms with Crippen molar-refractivity contribution in [2.45, 2.75) is 58.8 Å². The zero-order chi connectivity index (χ0) is 16.3. The Labute approximate surface area is 137 Å². The van der Waals surface area contributed by atoms with Crippen molar-refractivity contribution in [1.29, 1.82) is 0 Å². The fourth-order valence-electron chi connectivity index (χ4n) is 4.39. The van der Waals surface area contributed by atoms with Gasteiger partial charge in [0.2, 0.25) is 0 Å². The molecule has 122 valence electrons. The molecule has 1 nitrogen and oxygen atoms in total. The minimum atomic E-state index is 0.318. The van der Waals surface area contributed by atoms with Gasteiger partial charge in [-0.25, -0.2) is 0 Å². The first-order valence-corrected chi connectivity index (χ1v) is 9.00. The van der Waals surface area contributed by atoms with E-state index in [1.54, 1.807) is 11.1 Å². The van der Waals surface area contributed by atoms with Crippen molar-refractivity contribution in [2.75, 3.05) is 13.1 Å². The minimum Gasteiger partial charge on any atom is -0.316 e. The van der Waals surface area contributed by atoms with Gasteiger partial charge in [-0.1, -0.05) is 57.5 Å². The molecule has 1 aliphatic carbocycles. The first kappa shape index (κ1) is 17.3. The van der Waals surface area contributed by atoms with Crippen LogP contribution >= 0.6 is 0 Å². The van der Waals surface area contributed by atoms with E-state index in [0.29, 0.717) is 17.3 Å². The molecule has 1 N–H and O–H groups in total. The molecule has 0 aromatic heterocycles. The molecule has 1 heterocycles. The molecule has 4 atom stereocenters. The quantitative estimate of drug-likeness (QED) is 0.740. The maximum absolute atomic E-state index is 4.04. The van der Waals surface area contributed by atoms with Gasteiger partial charge in [-0.3, -0.25) is 0 Å². The summed E-state index contributed by atoms with van der Waals surface area (Å²) in [6.45, 7) is 17.3. The van der Waals surface area contributed by atoms with Crippen LogP contribution in [0.2, 0.25) is 0 Å². The van der Waals surface area contributed by atoms with Crippen LogP contribution < -0.4 is 5.32 Å². The first-order valence-electron chi connectivity index (χ1n) is 9.00. The van der Waals surface area contributed by atoms with Crippen molar-refractivity contribution in [1.82, 2.24) is 5.32 Å². The molecular weight excluding hydrogens is 266 g/mol. The third-order valence-corrected chi connectivity index (χ3v) is 5.83.